The molecule has 5 heteroatoms. The van der Waals surface area contributed by atoms with Crippen molar-refractivity contribution in [2.75, 3.05) is 47.5 Å². The van der Waals surface area contributed by atoms with Crippen LogP contribution in [0.25, 0.3) is 0 Å². The first kappa shape index (κ1) is 17.9. The molecule has 0 spiro atoms. The first-order valence-corrected chi connectivity index (χ1v) is 7.38. The van der Waals surface area contributed by atoms with Gasteiger partial charge in [-0.25, -0.2) is 4.39 Å². The second kappa shape index (κ2) is 9.71. The summed E-state index contributed by atoms with van der Waals surface area (Å²) in [4.78, 5) is 2.29. The van der Waals surface area contributed by atoms with Gasteiger partial charge in [-0.1, -0.05) is 13.0 Å². The van der Waals surface area contributed by atoms with Crippen LogP contribution in [0.4, 0.5) is 4.39 Å². The monoisotopic (exact) mass is 298 g/mol. The fraction of sp³-hybridized carbons (Fsp3) is 0.625. The molecule has 0 radical (unpaired) electrons. The van der Waals surface area contributed by atoms with Crippen molar-refractivity contribution in [1.82, 2.24) is 10.2 Å². The zero-order chi connectivity index (χ0) is 15.7. The van der Waals surface area contributed by atoms with E-state index in [1.54, 1.807) is 26.4 Å². The maximum absolute atomic E-state index is 14.1. The number of hydrogen-bond donors (Lipinski definition) is 1. The summed E-state index contributed by atoms with van der Waals surface area (Å²) in [6.45, 7) is 5.55. The predicted molar refractivity (Wildman–Crippen MR) is 83.4 cm³/mol. The molecular formula is C16H27FN2O2. The minimum absolute atomic E-state index is 0.0715. The van der Waals surface area contributed by atoms with Crippen LogP contribution >= 0.6 is 0 Å². The zero-order valence-electron chi connectivity index (χ0n) is 13.5. The molecule has 120 valence electrons. The van der Waals surface area contributed by atoms with Crippen LogP contribution in [0, 0.1) is 5.82 Å². The molecule has 0 aromatic heterocycles. The van der Waals surface area contributed by atoms with Crippen molar-refractivity contribution in [2.45, 2.75) is 19.4 Å². The average molecular weight is 298 g/mol. The first-order valence-electron chi connectivity index (χ1n) is 7.38. The molecule has 0 saturated heterocycles. The van der Waals surface area contributed by atoms with Crippen LogP contribution < -0.4 is 10.1 Å². The van der Waals surface area contributed by atoms with Gasteiger partial charge in [-0.3, -0.25) is 0 Å². The normalized spacial score (nSPS) is 12.7. The summed E-state index contributed by atoms with van der Waals surface area (Å²) in [6.07, 6.45) is 0.811. The first-order chi connectivity index (χ1) is 10.2. The molecule has 4 nitrogen and oxygen atoms in total. The number of nitrogens with zero attached hydrogens (tertiary/aromatic N) is 1. The lowest BCUT2D eigenvalue weighted by molar-refractivity contribution is 0.148. The highest BCUT2D eigenvalue weighted by atomic mass is 19.1. The molecule has 0 aliphatic heterocycles. The molecule has 0 heterocycles. The van der Waals surface area contributed by atoms with E-state index in [-0.39, 0.29) is 11.9 Å². The van der Waals surface area contributed by atoms with Gasteiger partial charge in [0.25, 0.3) is 0 Å². The molecule has 21 heavy (non-hydrogen) atoms. The fourth-order valence-electron chi connectivity index (χ4n) is 2.43. The van der Waals surface area contributed by atoms with Gasteiger partial charge in [-0.15, -0.1) is 0 Å². The van der Waals surface area contributed by atoms with Crippen LogP contribution in [0.1, 0.15) is 24.9 Å². The van der Waals surface area contributed by atoms with Gasteiger partial charge in [-0.2, -0.15) is 0 Å². The van der Waals surface area contributed by atoms with Gasteiger partial charge in [0, 0.05) is 31.8 Å². The van der Waals surface area contributed by atoms with Crippen molar-refractivity contribution < 1.29 is 13.9 Å². The average Bonchev–Trinajstić information content (AvgIpc) is 2.51. The van der Waals surface area contributed by atoms with Crippen LogP contribution in [0.5, 0.6) is 5.75 Å². The second-order valence-corrected chi connectivity index (χ2v) is 4.91. The summed E-state index contributed by atoms with van der Waals surface area (Å²) >= 11 is 0. The highest BCUT2D eigenvalue weighted by molar-refractivity contribution is 5.37. The van der Waals surface area contributed by atoms with E-state index in [9.17, 15) is 4.39 Å². The molecule has 1 unspecified atom stereocenters. The van der Waals surface area contributed by atoms with E-state index in [1.807, 2.05) is 7.05 Å². The largest absolute Gasteiger partial charge is 0.496 e. The third kappa shape index (κ3) is 5.26. The Labute approximate surface area is 127 Å². The van der Waals surface area contributed by atoms with Gasteiger partial charge in [0.1, 0.15) is 11.6 Å². The lowest BCUT2D eigenvalue weighted by Crippen LogP contribution is -2.31. The molecule has 1 rings (SSSR count). The Kier molecular flexibility index (Phi) is 8.27. The van der Waals surface area contributed by atoms with Crippen molar-refractivity contribution in [3.05, 3.63) is 29.6 Å². The van der Waals surface area contributed by atoms with E-state index in [2.05, 4.69) is 17.1 Å². The van der Waals surface area contributed by atoms with E-state index in [0.717, 1.165) is 26.1 Å². The number of nitrogens with one attached hydrogen (secondary N) is 1. The fourth-order valence-corrected chi connectivity index (χ4v) is 2.43. The Morgan fingerprint density at radius 1 is 1.29 bits per heavy atom. The Morgan fingerprint density at radius 2 is 2.05 bits per heavy atom. The predicted octanol–water partition coefficient (Wildman–Crippen LogP) is 2.45. The zero-order valence-corrected chi connectivity index (χ0v) is 13.5. The van der Waals surface area contributed by atoms with Crippen molar-refractivity contribution in [3.8, 4) is 5.75 Å². The second-order valence-electron chi connectivity index (χ2n) is 4.91. The molecular weight excluding hydrogens is 271 g/mol. The van der Waals surface area contributed by atoms with Crippen molar-refractivity contribution in [2.24, 2.45) is 0 Å². The SMILES string of the molecule is CCN(CCOC)CCC(NC)c1c(F)cccc1OC. The summed E-state index contributed by atoms with van der Waals surface area (Å²) < 4.78 is 24.5. The minimum atomic E-state index is -0.228. The third-order valence-electron chi connectivity index (χ3n) is 3.72. The number of benzene rings is 1. The van der Waals surface area contributed by atoms with E-state index >= 15 is 0 Å². The maximum atomic E-state index is 14.1. The van der Waals surface area contributed by atoms with E-state index in [1.165, 1.54) is 6.07 Å². The number of halogens is 1. The number of hydrogen-bond acceptors (Lipinski definition) is 4. The topological polar surface area (TPSA) is 33.7 Å². The van der Waals surface area contributed by atoms with Gasteiger partial charge >= 0.3 is 0 Å². The molecule has 0 fully saturated rings. The lowest BCUT2D eigenvalue weighted by Gasteiger charge is -2.25. The molecule has 0 saturated carbocycles. The van der Waals surface area contributed by atoms with Crippen molar-refractivity contribution in [3.63, 3.8) is 0 Å². The quantitative estimate of drug-likeness (QED) is 0.719. The Bertz CT molecular complexity index is 415. The van der Waals surface area contributed by atoms with E-state index < -0.39 is 0 Å². The van der Waals surface area contributed by atoms with Gasteiger partial charge in [0.2, 0.25) is 0 Å². The summed E-state index contributed by atoms with van der Waals surface area (Å²) in [5.41, 5.74) is 0.602. The summed E-state index contributed by atoms with van der Waals surface area (Å²) in [7, 11) is 5.12. The van der Waals surface area contributed by atoms with E-state index in [4.69, 9.17) is 9.47 Å². The Morgan fingerprint density at radius 3 is 2.62 bits per heavy atom. The maximum Gasteiger partial charge on any atom is 0.131 e. The minimum Gasteiger partial charge on any atom is -0.496 e. The Hall–Kier alpha value is -1.17. The van der Waals surface area contributed by atoms with E-state index in [0.29, 0.717) is 17.9 Å². The standard InChI is InChI=1S/C16H27FN2O2/c1-5-19(11-12-20-3)10-9-14(18-2)16-13(17)7-6-8-15(16)21-4/h6-8,14,18H,5,9-12H2,1-4H3. The molecule has 1 N–H and O–H groups in total. The molecule has 1 aromatic carbocycles. The molecule has 1 aromatic rings. The van der Waals surface area contributed by atoms with Crippen LogP contribution in [0.3, 0.4) is 0 Å². The van der Waals surface area contributed by atoms with Crippen LogP contribution in [-0.4, -0.2) is 52.4 Å². The highest BCUT2D eigenvalue weighted by Crippen LogP contribution is 2.29. The van der Waals surface area contributed by atoms with Crippen molar-refractivity contribution in [1.29, 1.82) is 0 Å². The lowest BCUT2D eigenvalue weighted by atomic mass is 10.0. The van der Waals surface area contributed by atoms with Crippen LogP contribution in [-0.2, 0) is 4.74 Å². The summed E-state index contributed by atoms with van der Waals surface area (Å²) in [5, 5.41) is 3.19. The summed E-state index contributed by atoms with van der Waals surface area (Å²) in [5.74, 6) is 0.364. The number of ether oxygens (including phenoxy) is 2. The van der Waals surface area contributed by atoms with Gasteiger partial charge in [0.05, 0.1) is 13.7 Å². The third-order valence-corrected chi connectivity index (χ3v) is 3.72. The molecule has 1 atom stereocenters. The van der Waals surface area contributed by atoms with Crippen LogP contribution in [0.2, 0.25) is 0 Å². The smallest absolute Gasteiger partial charge is 0.131 e. The Balaban J connectivity index is 2.75. The van der Waals surface area contributed by atoms with Gasteiger partial charge < -0.3 is 19.7 Å². The van der Waals surface area contributed by atoms with Crippen LogP contribution in [0.15, 0.2) is 18.2 Å². The summed E-state index contributed by atoms with van der Waals surface area (Å²) in [6, 6.07) is 4.87. The molecule has 0 aliphatic carbocycles. The molecule has 0 amide bonds. The number of methoxy groups -OCH3 is 2. The van der Waals surface area contributed by atoms with Crippen molar-refractivity contribution >= 4 is 0 Å². The molecule has 0 bridgehead atoms. The number of rotatable bonds is 10. The number of likely N-dealkylation sites (N-methyl/N-ethyl adjacent to an activating group) is 1. The van der Waals surface area contributed by atoms with Gasteiger partial charge in [-0.05, 0) is 32.1 Å². The molecule has 0 aliphatic rings. The van der Waals surface area contributed by atoms with Gasteiger partial charge in [0.15, 0.2) is 0 Å². The highest BCUT2D eigenvalue weighted by Gasteiger charge is 2.19.